The van der Waals surface area contributed by atoms with Gasteiger partial charge in [0.05, 0.1) is 0 Å². The van der Waals surface area contributed by atoms with Crippen LogP contribution >= 0.6 is 0 Å². The molecule has 192 valence electrons. The van der Waals surface area contributed by atoms with E-state index in [1.807, 2.05) is 41.3 Å². The van der Waals surface area contributed by atoms with Gasteiger partial charge in [-0.3, -0.25) is 9.59 Å². The van der Waals surface area contributed by atoms with Crippen LogP contribution in [0.25, 0.3) is 5.70 Å². The van der Waals surface area contributed by atoms with Crippen molar-refractivity contribution in [3.8, 4) is 0 Å². The third kappa shape index (κ3) is 6.58. The quantitative estimate of drug-likeness (QED) is 0.453. The molecule has 3 aliphatic rings. The van der Waals surface area contributed by atoms with Gasteiger partial charge in [0.2, 0.25) is 11.8 Å². The number of aliphatic imine (C=N–C) groups is 1. The van der Waals surface area contributed by atoms with Crippen LogP contribution in [0.1, 0.15) is 31.2 Å². The van der Waals surface area contributed by atoms with Crippen LogP contribution in [-0.4, -0.2) is 49.1 Å². The van der Waals surface area contributed by atoms with Crippen molar-refractivity contribution >= 4 is 40.8 Å². The Morgan fingerprint density at radius 2 is 1.46 bits per heavy atom. The predicted octanol–water partition coefficient (Wildman–Crippen LogP) is 4.05. The highest BCUT2D eigenvalue weighted by molar-refractivity contribution is 5.94. The van der Waals surface area contributed by atoms with E-state index in [0.717, 1.165) is 74.5 Å². The molecule has 2 amide bonds. The first kappa shape index (κ1) is 24.6. The summed E-state index contributed by atoms with van der Waals surface area (Å²) in [5.74, 6) is 1.39. The molecule has 8 nitrogen and oxygen atoms in total. The summed E-state index contributed by atoms with van der Waals surface area (Å²) in [6.07, 6.45) is 7.41. The number of benzene rings is 2. The number of nitrogens with one attached hydrogen (secondary N) is 2. The summed E-state index contributed by atoms with van der Waals surface area (Å²) in [6.45, 7) is 7.26. The smallest absolute Gasteiger partial charge is 0.227 e. The van der Waals surface area contributed by atoms with E-state index in [1.165, 1.54) is 0 Å². The maximum absolute atomic E-state index is 12.3. The number of carbonyl (C=O) groups is 2. The van der Waals surface area contributed by atoms with Crippen LogP contribution in [0, 0.1) is 11.8 Å². The number of anilines is 3. The van der Waals surface area contributed by atoms with Crippen LogP contribution < -0.4 is 21.3 Å². The van der Waals surface area contributed by atoms with E-state index in [9.17, 15) is 9.59 Å². The zero-order valence-corrected chi connectivity index (χ0v) is 21.0. The van der Waals surface area contributed by atoms with E-state index in [-0.39, 0.29) is 17.7 Å². The van der Waals surface area contributed by atoms with Crippen molar-refractivity contribution in [1.29, 1.82) is 0 Å². The number of allylic oxidation sites excluding steroid dienone is 1. The number of nitrogens with two attached hydrogens (primary N) is 1. The zero-order chi connectivity index (χ0) is 25.8. The molecule has 1 saturated heterocycles. The molecule has 0 aromatic heterocycles. The molecule has 1 aliphatic heterocycles. The summed E-state index contributed by atoms with van der Waals surface area (Å²) in [6, 6.07) is 15.6. The Hall–Kier alpha value is -4.07. The van der Waals surface area contributed by atoms with Crippen LogP contribution in [0.4, 0.5) is 17.1 Å². The second kappa shape index (κ2) is 10.9. The molecule has 0 atom stereocenters. The highest BCUT2D eigenvalue weighted by Crippen LogP contribution is 2.32. The second-order valence-corrected chi connectivity index (χ2v) is 9.95. The van der Waals surface area contributed by atoms with Gasteiger partial charge in [0.25, 0.3) is 0 Å². The lowest BCUT2D eigenvalue weighted by atomic mass is 10.1. The Balaban J connectivity index is 1.08. The van der Waals surface area contributed by atoms with Gasteiger partial charge in [-0.2, -0.15) is 0 Å². The molecule has 0 spiro atoms. The second-order valence-electron chi connectivity index (χ2n) is 9.95. The van der Waals surface area contributed by atoms with Gasteiger partial charge in [0.15, 0.2) is 0 Å². The minimum absolute atomic E-state index is 0.0868. The van der Waals surface area contributed by atoms with Crippen LogP contribution in [0.15, 0.2) is 72.0 Å². The third-order valence-electron chi connectivity index (χ3n) is 6.96. The first-order chi connectivity index (χ1) is 18.0. The molecular formula is C29H34N6O2. The molecule has 4 N–H and O–H groups in total. The summed E-state index contributed by atoms with van der Waals surface area (Å²) in [4.78, 5) is 32.8. The van der Waals surface area contributed by atoms with E-state index < -0.39 is 0 Å². The van der Waals surface area contributed by atoms with Crippen LogP contribution in [0.5, 0.6) is 0 Å². The topological polar surface area (TPSA) is 103 Å². The van der Waals surface area contributed by atoms with Gasteiger partial charge in [-0.25, -0.2) is 4.99 Å². The summed E-state index contributed by atoms with van der Waals surface area (Å²) < 4.78 is 0. The lowest BCUT2D eigenvalue weighted by Crippen LogP contribution is -2.49. The monoisotopic (exact) mass is 498 g/mol. The number of hydrogen-bond donors (Lipinski definition) is 3. The van der Waals surface area contributed by atoms with Gasteiger partial charge >= 0.3 is 0 Å². The van der Waals surface area contributed by atoms with Crippen LogP contribution in [0.2, 0.25) is 0 Å². The maximum Gasteiger partial charge on any atom is 0.227 e. The lowest BCUT2D eigenvalue weighted by molar-refractivity contribution is -0.132. The first-order valence-electron chi connectivity index (χ1n) is 13.0. The van der Waals surface area contributed by atoms with Crippen molar-refractivity contribution in [2.24, 2.45) is 22.6 Å². The van der Waals surface area contributed by atoms with E-state index >= 15 is 0 Å². The highest BCUT2D eigenvalue weighted by atomic mass is 16.2. The van der Waals surface area contributed by atoms with Crippen LogP contribution in [-0.2, 0) is 9.59 Å². The molecule has 0 unspecified atom stereocenters. The third-order valence-corrected chi connectivity index (χ3v) is 6.96. The zero-order valence-electron chi connectivity index (χ0n) is 21.0. The van der Waals surface area contributed by atoms with E-state index in [0.29, 0.717) is 17.4 Å². The molecule has 0 bridgehead atoms. The predicted molar refractivity (Wildman–Crippen MR) is 149 cm³/mol. The fourth-order valence-electron chi connectivity index (χ4n) is 4.37. The van der Waals surface area contributed by atoms with Crippen molar-refractivity contribution in [2.75, 3.05) is 41.7 Å². The number of carbonyl (C=O) groups excluding carboxylic acids is 2. The molecule has 2 saturated carbocycles. The van der Waals surface area contributed by atoms with E-state index in [1.54, 1.807) is 12.3 Å². The average molecular weight is 499 g/mol. The SMILES string of the molecule is C=C(N=C/C=C(\N)c1ccc(NC(=O)C2CC2)cc1)Nc1ccc(N2CCN(C(=O)C3CC3)CC2)cc1. The summed E-state index contributed by atoms with van der Waals surface area (Å²) in [7, 11) is 0. The Morgan fingerprint density at radius 3 is 2.08 bits per heavy atom. The molecule has 1 heterocycles. The summed E-state index contributed by atoms with van der Waals surface area (Å²) >= 11 is 0. The lowest BCUT2D eigenvalue weighted by Gasteiger charge is -2.36. The van der Waals surface area contributed by atoms with Gasteiger partial charge in [-0.05, 0) is 73.7 Å². The first-order valence-corrected chi connectivity index (χ1v) is 13.0. The molecule has 5 rings (SSSR count). The van der Waals surface area contributed by atoms with Gasteiger partial charge in [0.1, 0.15) is 5.82 Å². The molecule has 0 radical (unpaired) electrons. The number of amides is 2. The van der Waals surface area contributed by atoms with E-state index in [4.69, 9.17) is 5.73 Å². The number of nitrogens with zero attached hydrogens (tertiary/aromatic N) is 3. The Morgan fingerprint density at radius 1 is 0.865 bits per heavy atom. The minimum Gasteiger partial charge on any atom is -0.398 e. The fraction of sp³-hybridized carbons (Fsp3) is 0.345. The molecule has 8 heteroatoms. The Bertz CT molecular complexity index is 1200. The van der Waals surface area contributed by atoms with Crippen molar-refractivity contribution < 1.29 is 9.59 Å². The Kier molecular flexibility index (Phi) is 7.25. The summed E-state index contributed by atoms with van der Waals surface area (Å²) in [5, 5.41) is 6.12. The van der Waals surface area contributed by atoms with Gasteiger partial charge in [0, 0.05) is 67.0 Å². The standard InChI is InChI=1S/C29H34N6O2/c1-20(31-15-14-27(30)21-6-8-25(9-7-21)33-28(36)22-2-3-22)32-24-10-12-26(13-11-24)34-16-18-35(19-17-34)29(37)23-4-5-23/h6-15,22-23,32H,1-5,16-19,30H2,(H,33,36)/b27-14-,31-15?. The Labute approximate surface area is 217 Å². The molecular weight excluding hydrogens is 464 g/mol. The van der Waals surface area contributed by atoms with Gasteiger partial charge < -0.3 is 26.2 Å². The van der Waals surface area contributed by atoms with Crippen molar-refractivity contribution in [3.63, 3.8) is 0 Å². The van der Waals surface area contributed by atoms with Crippen molar-refractivity contribution in [1.82, 2.24) is 4.90 Å². The molecule has 2 aromatic rings. The van der Waals surface area contributed by atoms with Gasteiger partial charge in [-0.15, -0.1) is 0 Å². The number of piperazine rings is 1. The van der Waals surface area contributed by atoms with E-state index in [2.05, 4.69) is 39.2 Å². The van der Waals surface area contributed by atoms with Crippen molar-refractivity contribution in [3.05, 3.63) is 72.6 Å². The van der Waals surface area contributed by atoms with Crippen LogP contribution in [0.3, 0.4) is 0 Å². The molecule has 37 heavy (non-hydrogen) atoms. The normalized spacial score (nSPS) is 18.1. The van der Waals surface area contributed by atoms with Gasteiger partial charge in [-0.1, -0.05) is 18.7 Å². The van der Waals surface area contributed by atoms with Crippen molar-refractivity contribution in [2.45, 2.75) is 25.7 Å². The largest absolute Gasteiger partial charge is 0.398 e. The fourth-order valence-corrected chi connectivity index (χ4v) is 4.37. The average Bonchev–Trinajstić information content (AvgIpc) is 3.83. The minimum atomic E-state index is 0.0868. The molecule has 3 fully saturated rings. The number of rotatable bonds is 9. The summed E-state index contributed by atoms with van der Waals surface area (Å²) in [5.41, 5.74) is 10.4. The molecule has 2 aliphatic carbocycles. The maximum atomic E-state index is 12.3. The highest BCUT2D eigenvalue weighted by Gasteiger charge is 2.34. The number of hydrogen-bond acceptors (Lipinski definition) is 6. The molecule has 2 aromatic carbocycles.